The highest BCUT2D eigenvalue weighted by molar-refractivity contribution is 5.15. The third-order valence-corrected chi connectivity index (χ3v) is 3.50. The molecule has 0 atom stereocenters. The molecule has 1 saturated heterocycles. The van der Waals surface area contributed by atoms with E-state index in [-0.39, 0.29) is 0 Å². The number of hydrogen-bond donors (Lipinski definition) is 3. The van der Waals surface area contributed by atoms with Gasteiger partial charge in [-0.05, 0) is 31.7 Å². The molecule has 2 heterocycles. The molecule has 0 amide bonds. The summed E-state index contributed by atoms with van der Waals surface area (Å²) in [4.78, 5) is 0. The van der Waals surface area contributed by atoms with E-state index >= 15 is 0 Å². The van der Waals surface area contributed by atoms with E-state index in [0.29, 0.717) is 0 Å². The number of nitrogens with zero attached hydrogens (tertiary/aromatic N) is 2. The smallest absolute Gasteiger partial charge is 0.0853 e. The molecule has 114 valence electrons. The molecule has 0 spiro atoms. The van der Waals surface area contributed by atoms with Gasteiger partial charge in [0.1, 0.15) is 0 Å². The van der Waals surface area contributed by atoms with Crippen molar-refractivity contribution in [3.05, 3.63) is 47.3 Å². The third kappa shape index (κ3) is 6.06. The molecule has 2 aromatic rings. The molecule has 0 bridgehead atoms. The Hall–Kier alpha value is -1.72. The molecule has 1 fully saturated rings. The standard InChI is InChI=1S/C12H15N3.C4H10N2/c1-10-12(14-15-13-10)9-5-8-11-6-3-2-4-7-11;1-2-6-4-3-5-1/h2-4,6-7H,5,8-9H2,1H3,(H,13,14,15);5-6H,1-4H2. The molecular weight excluding hydrogens is 262 g/mol. The first-order valence-corrected chi connectivity index (χ1v) is 7.68. The number of nitrogens with one attached hydrogen (secondary N) is 3. The minimum absolute atomic E-state index is 0.997. The SMILES string of the molecule is C1CNCCN1.Cc1n[nH]nc1CCCc1ccccc1. The molecule has 0 aliphatic carbocycles. The van der Waals surface area contributed by atoms with Crippen LogP contribution in [-0.2, 0) is 12.8 Å². The molecule has 0 radical (unpaired) electrons. The van der Waals surface area contributed by atoms with Crippen LogP contribution in [0.5, 0.6) is 0 Å². The maximum Gasteiger partial charge on any atom is 0.0853 e. The van der Waals surface area contributed by atoms with Crippen molar-refractivity contribution in [2.24, 2.45) is 0 Å². The number of aryl methyl sites for hydroxylation is 3. The van der Waals surface area contributed by atoms with Gasteiger partial charge in [0.2, 0.25) is 0 Å². The number of benzene rings is 1. The number of aromatic amines is 1. The third-order valence-electron chi connectivity index (χ3n) is 3.50. The molecule has 3 N–H and O–H groups in total. The Morgan fingerprint density at radius 2 is 1.57 bits per heavy atom. The monoisotopic (exact) mass is 287 g/mol. The molecule has 0 unspecified atom stereocenters. The molecule has 3 rings (SSSR count). The maximum atomic E-state index is 4.11. The Labute approximate surface area is 126 Å². The number of hydrogen-bond acceptors (Lipinski definition) is 4. The van der Waals surface area contributed by atoms with E-state index in [4.69, 9.17) is 0 Å². The van der Waals surface area contributed by atoms with Gasteiger partial charge in [-0.25, -0.2) is 0 Å². The van der Waals surface area contributed by atoms with Crippen molar-refractivity contribution in [1.29, 1.82) is 0 Å². The van der Waals surface area contributed by atoms with Crippen molar-refractivity contribution in [3.63, 3.8) is 0 Å². The predicted octanol–water partition coefficient (Wildman–Crippen LogP) is 1.47. The van der Waals surface area contributed by atoms with Crippen LogP contribution < -0.4 is 10.6 Å². The normalized spacial score (nSPS) is 14.3. The Morgan fingerprint density at radius 1 is 0.905 bits per heavy atom. The van der Waals surface area contributed by atoms with Crippen molar-refractivity contribution in [2.75, 3.05) is 26.2 Å². The first kappa shape index (κ1) is 15.7. The van der Waals surface area contributed by atoms with Gasteiger partial charge in [-0.3, -0.25) is 0 Å². The second-order valence-electron chi connectivity index (χ2n) is 5.19. The molecule has 1 aromatic carbocycles. The van der Waals surface area contributed by atoms with Gasteiger partial charge in [-0.1, -0.05) is 30.3 Å². The zero-order valence-corrected chi connectivity index (χ0v) is 12.7. The molecule has 1 aliphatic rings. The highest BCUT2D eigenvalue weighted by Crippen LogP contribution is 2.07. The summed E-state index contributed by atoms with van der Waals surface area (Å²) in [6.45, 7) is 6.54. The molecule has 1 aromatic heterocycles. The average Bonchev–Trinajstić information content (AvgIpc) is 2.96. The van der Waals surface area contributed by atoms with Gasteiger partial charge in [0.05, 0.1) is 11.4 Å². The fourth-order valence-electron chi connectivity index (χ4n) is 2.25. The maximum absolute atomic E-state index is 4.11. The molecule has 0 saturated carbocycles. The van der Waals surface area contributed by atoms with Gasteiger partial charge in [0.15, 0.2) is 0 Å². The van der Waals surface area contributed by atoms with Gasteiger partial charge in [-0.2, -0.15) is 15.4 Å². The minimum Gasteiger partial charge on any atom is -0.314 e. The van der Waals surface area contributed by atoms with E-state index in [0.717, 1.165) is 56.8 Å². The van der Waals surface area contributed by atoms with Crippen molar-refractivity contribution >= 4 is 0 Å². The van der Waals surface area contributed by atoms with Gasteiger partial charge >= 0.3 is 0 Å². The molecule has 21 heavy (non-hydrogen) atoms. The van der Waals surface area contributed by atoms with Crippen LogP contribution in [0.4, 0.5) is 0 Å². The predicted molar refractivity (Wildman–Crippen MR) is 85.3 cm³/mol. The average molecular weight is 287 g/mol. The first-order valence-electron chi connectivity index (χ1n) is 7.68. The zero-order chi connectivity index (χ0) is 14.8. The fourth-order valence-corrected chi connectivity index (χ4v) is 2.25. The number of aromatic nitrogens is 3. The lowest BCUT2D eigenvalue weighted by atomic mass is 10.1. The topological polar surface area (TPSA) is 65.6 Å². The van der Waals surface area contributed by atoms with Crippen LogP contribution in [0.15, 0.2) is 30.3 Å². The van der Waals surface area contributed by atoms with Crippen LogP contribution >= 0.6 is 0 Å². The second kappa shape index (κ2) is 9.26. The van der Waals surface area contributed by atoms with E-state index in [1.54, 1.807) is 0 Å². The summed E-state index contributed by atoms with van der Waals surface area (Å²) >= 11 is 0. The molecule has 1 aliphatic heterocycles. The molecular formula is C16H25N5. The first-order chi connectivity index (χ1) is 10.4. The van der Waals surface area contributed by atoms with Crippen LogP contribution in [0.3, 0.4) is 0 Å². The van der Waals surface area contributed by atoms with Crippen LogP contribution in [0, 0.1) is 6.92 Å². The lowest BCUT2D eigenvalue weighted by Gasteiger charge is -2.11. The van der Waals surface area contributed by atoms with Crippen LogP contribution in [0.1, 0.15) is 23.4 Å². The van der Waals surface area contributed by atoms with Gasteiger partial charge in [0.25, 0.3) is 0 Å². The van der Waals surface area contributed by atoms with Crippen molar-refractivity contribution in [3.8, 4) is 0 Å². The fraction of sp³-hybridized carbons (Fsp3) is 0.500. The van der Waals surface area contributed by atoms with Crippen LogP contribution in [0.2, 0.25) is 0 Å². The number of H-pyrrole nitrogens is 1. The minimum atomic E-state index is 0.997. The lowest BCUT2D eigenvalue weighted by molar-refractivity contribution is 0.534. The van der Waals surface area contributed by atoms with Crippen molar-refractivity contribution in [2.45, 2.75) is 26.2 Å². The summed E-state index contributed by atoms with van der Waals surface area (Å²) in [5.41, 5.74) is 3.49. The second-order valence-corrected chi connectivity index (χ2v) is 5.19. The summed E-state index contributed by atoms with van der Waals surface area (Å²) in [5.74, 6) is 0. The summed E-state index contributed by atoms with van der Waals surface area (Å²) in [6, 6.07) is 10.5. The summed E-state index contributed by atoms with van der Waals surface area (Å²) in [7, 11) is 0. The van der Waals surface area contributed by atoms with Crippen LogP contribution in [-0.4, -0.2) is 41.6 Å². The quantitative estimate of drug-likeness (QED) is 0.797. The van der Waals surface area contributed by atoms with Gasteiger partial charge in [-0.15, -0.1) is 0 Å². The lowest BCUT2D eigenvalue weighted by Crippen LogP contribution is -2.39. The number of rotatable bonds is 4. The highest BCUT2D eigenvalue weighted by Gasteiger charge is 2.02. The summed E-state index contributed by atoms with van der Waals surface area (Å²) < 4.78 is 0. The zero-order valence-electron chi connectivity index (χ0n) is 12.7. The Morgan fingerprint density at radius 3 is 2.10 bits per heavy atom. The van der Waals surface area contributed by atoms with Crippen molar-refractivity contribution < 1.29 is 0 Å². The molecule has 5 nitrogen and oxygen atoms in total. The molecule has 5 heteroatoms. The Bertz CT molecular complexity index is 479. The van der Waals surface area contributed by atoms with E-state index in [1.807, 2.05) is 13.0 Å². The van der Waals surface area contributed by atoms with Crippen molar-refractivity contribution in [1.82, 2.24) is 26.0 Å². The van der Waals surface area contributed by atoms with E-state index in [1.165, 1.54) is 5.56 Å². The van der Waals surface area contributed by atoms with Gasteiger partial charge in [0, 0.05) is 26.2 Å². The largest absolute Gasteiger partial charge is 0.314 e. The summed E-state index contributed by atoms with van der Waals surface area (Å²) in [5, 5.41) is 17.2. The highest BCUT2D eigenvalue weighted by atomic mass is 15.3. The van der Waals surface area contributed by atoms with Gasteiger partial charge < -0.3 is 10.6 Å². The Balaban J connectivity index is 0.000000225. The Kier molecular flexibility index (Phi) is 6.91. The van der Waals surface area contributed by atoms with E-state index < -0.39 is 0 Å². The summed E-state index contributed by atoms with van der Waals surface area (Å²) in [6.07, 6.45) is 3.22. The van der Waals surface area contributed by atoms with Crippen LogP contribution in [0.25, 0.3) is 0 Å². The number of piperazine rings is 1. The van der Waals surface area contributed by atoms with E-state index in [2.05, 4.69) is 50.3 Å². The van der Waals surface area contributed by atoms with E-state index in [9.17, 15) is 0 Å².